The Balaban J connectivity index is 1.46. The van der Waals surface area contributed by atoms with E-state index in [0.717, 1.165) is 29.1 Å². The van der Waals surface area contributed by atoms with E-state index in [2.05, 4.69) is 4.98 Å². The van der Waals surface area contributed by atoms with Crippen molar-refractivity contribution < 1.29 is 23.6 Å². The molecule has 1 aliphatic heterocycles. The largest absolute Gasteiger partial charge is 0.488 e. The van der Waals surface area contributed by atoms with E-state index in [9.17, 15) is 9.90 Å². The Morgan fingerprint density at radius 2 is 2.22 bits per heavy atom. The molecule has 1 N–H and O–H groups in total. The van der Waals surface area contributed by atoms with E-state index in [1.165, 1.54) is 4.58 Å². The first kappa shape index (κ1) is 16.5. The number of fused-ring (bicyclic) bond motifs is 1. The molecule has 1 aliphatic carbocycles. The predicted octanol–water partition coefficient (Wildman–Crippen LogP) is 4.13. The topological polar surface area (TPSA) is 75.6 Å². The highest BCUT2D eigenvalue weighted by molar-refractivity contribution is 7.11. The maximum atomic E-state index is 13.1. The molecule has 3 heterocycles. The maximum absolute atomic E-state index is 13.1. The van der Waals surface area contributed by atoms with Crippen molar-refractivity contribution in [2.75, 3.05) is 0 Å². The van der Waals surface area contributed by atoms with Gasteiger partial charge in [-0.2, -0.15) is 0 Å². The number of furan rings is 1. The van der Waals surface area contributed by atoms with Crippen molar-refractivity contribution in [3.8, 4) is 5.75 Å². The lowest BCUT2D eigenvalue weighted by Crippen LogP contribution is -2.35. The van der Waals surface area contributed by atoms with Gasteiger partial charge in [-0.1, -0.05) is 0 Å². The Bertz CT molecular complexity index is 1120. The maximum Gasteiger partial charge on any atom is 0.427 e. The van der Waals surface area contributed by atoms with Gasteiger partial charge in [0.05, 0.1) is 9.88 Å². The van der Waals surface area contributed by atoms with Gasteiger partial charge in [-0.25, -0.2) is 9.78 Å². The number of amides is 1. The summed E-state index contributed by atoms with van der Waals surface area (Å²) in [6, 6.07) is 5.49. The van der Waals surface area contributed by atoms with Gasteiger partial charge in [0.15, 0.2) is 0 Å². The molecule has 138 valence electrons. The second kappa shape index (κ2) is 5.66. The number of nitrogens with zero attached hydrogens (tertiary/aromatic N) is 2. The second-order valence-electron chi connectivity index (χ2n) is 7.17. The van der Waals surface area contributed by atoms with E-state index in [4.69, 9.17) is 9.15 Å². The van der Waals surface area contributed by atoms with Crippen molar-refractivity contribution >= 4 is 34.1 Å². The number of carbonyl (C=O) groups excluding carboxylic acids is 1. The summed E-state index contributed by atoms with van der Waals surface area (Å²) in [5.41, 5.74) is 0.728. The molecule has 2 aliphatic rings. The van der Waals surface area contributed by atoms with Crippen LogP contribution in [-0.2, 0) is 6.61 Å². The number of hydrogen-bond acceptors (Lipinski definition) is 5. The fraction of sp³-hybridized carbons (Fsp3) is 0.350. The van der Waals surface area contributed by atoms with Crippen LogP contribution in [-0.4, -0.2) is 32.0 Å². The summed E-state index contributed by atoms with van der Waals surface area (Å²) >= 11 is 1.60. The van der Waals surface area contributed by atoms with E-state index in [-0.39, 0.29) is 11.8 Å². The lowest BCUT2D eigenvalue weighted by Gasteiger charge is -2.16. The summed E-state index contributed by atoms with van der Waals surface area (Å²) in [5.74, 6) is 1.22. The number of thiazole rings is 1. The zero-order chi connectivity index (χ0) is 18.8. The minimum atomic E-state index is -0.411. The molecule has 6 nitrogen and oxygen atoms in total. The highest BCUT2D eigenvalue weighted by Crippen LogP contribution is 2.46. The molecule has 0 bridgehead atoms. The molecule has 27 heavy (non-hydrogen) atoms. The average molecular weight is 383 g/mol. The molecule has 0 unspecified atom stereocenters. The number of hydrogen-bond donors (Lipinski definition) is 1. The molecule has 1 spiro atoms. The minimum absolute atomic E-state index is 0.195. The average Bonchev–Trinajstić information content (AvgIpc) is 2.86. The van der Waals surface area contributed by atoms with Crippen molar-refractivity contribution in [3.63, 3.8) is 0 Å². The molecule has 0 atom stereocenters. The van der Waals surface area contributed by atoms with E-state index in [1.807, 2.05) is 31.3 Å². The Labute approximate surface area is 159 Å². The zero-order valence-electron chi connectivity index (χ0n) is 15.1. The number of ether oxygens (including phenoxy) is 1. The van der Waals surface area contributed by atoms with Gasteiger partial charge in [0, 0.05) is 24.4 Å². The van der Waals surface area contributed by atoms with Crippen LogP contribution in [0.2, 0.25) is 0 Å². The molecule has 7 heteroatoms. The van der Waals surface area contributed by atoms with Crippen LogP contribution in [0.1, 0.15) is 45.3 Å². The van der Waals surface area contributed by atoms with Gasteiger partial charge in [0.2, 0.25) is 0 Å². The zero-order valence-corrected chi connectivity index (χ0v) is 15.9. The lowest BCUT2D eigenvalue weighted by molar-refractivity contribution is -0.425. The van der Waals surface area contributed by atoms with Crippen LogP contribution in [0.25, 0.3) is 11.0 Å². The molecule has 1 saturated carbocycles. The standard InChI is InChI=1S/C20H18N2O4S/c1-11-17(18(23)22-19(24)20(22)6-3-7-20)15-8-13(4-5-16(15)26-11)25-10-14-9-21-12(2)27-14/h4-5,8-9H,3,6-7,10H2,1-2H3/p+1. The number of benzene rings is 1. The summed E-state index contributed by atoms with van der Waals surface area (Å²) in [5, 5.41) is 11.9. The van der Waals surface area contributed by atoms with Crippen molar-refractivity contribution in [2.24, 2.45) is 0 Å². The third-order valence-corrected chi connectivity index (χ3v) is 6.38. The Morgan fingerprint density at radius 1 is 1.41 bits per heavy atom. The normalized spacial score (nSPS) is 17.4. The molecule has 1 amide bonds. The highest BCUT2D eigenvalue weighted by atomic mass is 32.1. The molecule has 2 aromatic heterocycles. The first-order chi connectivity index (χ1) is 13.0. The van der Waals surface area contributed by atoms with Crippen LogP contribution < -0.4 is 4.74 Å². The van der Waals surface area contributed by atoms with Gasteiger partial charge in [-0.15, -0.1) is 15.9 Å². The van der Waals surface area contributed by atoms with Crippen LogP contribution in [0.3, 0.4) is 0 Å². The Morgan fingerprint density at radius 3 is 2.85 bits per heavy atom. The fourth-order valence-corrected chi connectivity index (χ4v) is 4.55. The monoisotopic (exact) mass is 383 g/mol. The first-order valence-electron chi connectivity index (χ1n) is 8.98. The second-order valence-corrected chi connectivity index (χ2v) is 8.49. The number of carbonyl (C=O) groups is 1. The SMILES string of the molecule is Cc1ncc(COc2ccc3oc(C)c(C(=O)[N+]4=C(O)C45CCC5)c3c2)s1. The molecule has 5 rings (SSSR count). The summed E-state index contributed by atoms with van der Waals surface area (Å²) < 4.78 is 13.2. The summed E-state index contributed by atoms with van der Waals surface area (Å²) in [6.07, 6.45) is 4.52. The molecular formula is C20H19N2O4S+. The quantitative estimate of drug-likeness (QED) is 0.686. The predicted molar refractivity (Wildman–Crippen MR) is 101 cm³/mol. The van der Waals surface area contributed by atoms with Gasteiger partial charge in [0.25, 0.3) is 5.54 Å². The number of aliphatic hydroxyl groups excluding tert-OH is 1. The molecule has 3 aromatic rings. The summed E-state index contributed by atoms with van der Waals surface area (Å²) in [4.78, 5) is 18.3. The van der Waals surface area contributed by atoms with Crippen molar-refractivity contribution in [2.45, 2.75) is 45.3 Å². The summed E-state index contributed by atoms with van der Waals surface area (Å²) in [7, 11) is 0. The van der Waals surface area contributed by atoms with Crippen LogP contribution in [0.4, 0.5) is 0 Å². The van der Waals surface area contributed by atoms with Gasteiger partial charge >= 0.3 is 11.8 Å². The number of aromatic nitrogens is 1. The van der Waals surface area contributed by atoms with Crippen LogP contribution >= 0.6 is 11.3 Å². The van der Waals surface area contributed by atoms with Gasteiger partial charge in [0.1, 0.15) is 29.3 Å². The Hall–Kier alpha value is -2.67. The minimum Gasteiger partial charge on any atom is -0.488 e. The van der Waals surface area contributed by atoms with Gasteiger partial charge in [-0.3, -0.25) is 0 Å². The van der Waals surface area contributed by atoms with Crippen LogP contribution in [0, 0.1) is 13.8 Å². The van der Waals surface area contributed by atoms with Gasteiger partial charge in [-0.05, 0) is 38.5 Å². The third-order valence-electron chi connectivity index (χ3n) is 5.49. The highest BCUT2D eigenvalue weighted by Gasteiger charge is 2.74. The molecule has 0 radical (unpaired) electrons. The molecule has 1 fully saturated rings. The van der Waals surface area contributed by atoms with Crippen LogP contribution in [0.15, 0.2) is 28.8 Å². The third kappa shape index (κ3) is 2.41. The van der Waals surface area contributed by atoms with E-state index in [0.29, 0.717) is 34.6 Å². The fourth-order valence-electron chi connectivity index (χ4n) is 3.85. The smallest absolute Gasteiger partial charge is 0.427 e. The van der Waals surface area contributed by atoms with E-state index >= 15 is 0 Å². The molecular weight excluding hydrogens is 364 g/mol. The summed E-state index contributed by atoms with van der Waals surface area (Å²) in [6.45, 7) is 4.17. The van der Waals surface area contributed by atoms with Gasteiger partial charge < -0.3 is 14.3 Å². The molecule has 1 aromatic carbocycles. The lowest BCUT2D eigenvalue weighted by atomic mass is 9.82. The number of rotatable bonds is 4. The first-order valence-corrected chi connectivity index (χ1v) is 9.79. The van der Waals surface area contributed by atoms with E-state index < -0.39 is 5.54 Å². The molecule has 0 saturated heterocycles. The van der Waals surface area contributed by atoms with Crippen molar-refractivity contribution in [3.05, 3.63) is 45.6 Å². The number of aliphatic hydroxyl groups is 1. The van der Waals surface area contributed by atoms with E-state index in [1.54, 1.807) is 18.3 Å². The number of aryl methyl sites for hydroxylation is 2. The van der Waals surface area contributed by atoms with Crippen LogP contribution in [0.5, 0.6) is 5.75 Å². The van der Waals surface area contributed by atoms with Crippen molar-refractivity contribution in [1.82, 2.24) is 4.98 Å². The Kier molecular flexibility index (Phi) is 3.46. The van der Waals surface area contributed by atoms with Crippen molar-refractivity contribution in [1.29, 1.82) is 0 Å².